The van der Waals surface area contributed by atoms with Gasteiger partial charge < -0.3 is 11.1 Å². The fourth-order valence-corrected chi connectivity index (χ4v) is 3.21. The molecule has 1 aromatic rings. The van der Waals surface area contributed by atoms with E-state index in [0.717, 1.165) is 14.7 Å². The van der Waals surface area contributed by atoms with Crippen LogP contribution < -0.4 is 11.1 Å². The summed E-state index contributed by atoms with van der Waals surface area (Å²) >= 11 is 2.16. The van der Waals surface area contributed by atoms with Crippen LogP contribution in [0.5, 0.6) is 0 Å². The Morgan fingerprint density at radius 3 is 2.86 bits per heavy atom. The third kappa shape index (κ3) is 1.32. The van der Waals surface area contributed by atoms with Crippen LogP contribution in [0.3, 0.4) is 0 Å². The molecule has 0 saturated heterocycles. The molecular weight excluding hydrogens is 294 g/mol. The summed E-state index contributed by atoms with van der Waals surface area (Å²) in [5.74, 6) is -0.312. The minimum absolute atomic E-state index is 0.103. The van der Waals surface area contributed by atoms with Crippen LogP contribution in [0.4, 0.5) is 10.1 Å². The number of anilines is 1. The summed E-state index contributed by atoms with van der Waals surface area (Å²) in [6, 6.07) is 1.50. The lowest BCUT2D eigenvalue weighted by Crippen LogP contribution is -2.29. The summed E-state index contributed by atoms with van der Waals surface area (Å²) in [6.45, 7) is 4.82. The second-order valence-electron chi connectivity index (χ2n) is 4.09. The molecule has 1 aromatic carbocycles. The molecule has 4 heteroatoms. The largest absolute Gasteiger partial charge is 0.396 e. The van der Waals surface area contributed by atoms with E-state index in [2.05, 4.69) is 41.8 Å². The maximum Gasteiger partial charge on any atom is 0.147 e. The fourth-order valence-electron chi connectivity index (χ4n) is 1.94. The first-order valence-corrected chi connectivity index (χ1v) is 5.53. The predicted octanol–water partition coefficient (Wildman–Crippen LogP) is 2.35. The smallest absolute Gasteiger partial charge is 0.147 e. The molecule has 0 radical (unpaired) electrons. The van der Waals surface area contributed by atoms with Crippen molar-refractivity contribution in [1.29, 1.82) is 0 Å². The Hall–Kier alpha value is -0.360. The van der Waals surface area contributed by atoms with Gasteiger partial charge in [0.2, 0.25) is 0 Å². The zero-order valence-electron chi connectivity index (χ0n) is 8.12. The standard InChI is InChI=1S/C10H12FIN2/c1-10(2)8-5(4-14-10)9(13)6(11)3-7(8)12/h3,14H,4,13H2,1-2H3. The maximum atomic E-state index is 13.3. The van der Waals surface area contributed by atoms with E-state index in [0.29, 0.717) is 12.2 Å². The van der Waals surface area contributed by atoms with Crippen molar-refractivity contribution in [3.05, 3.63) is 26.6 Å². The first kappa shape index (κ1) is 10.2. The van der Waals surface area contributed by atoms with Crippen LogP contribution in [0.25, 0.3) is 0 Å². The van der Waals surface area contributed by atoms with Gasteiger partial charge in [-0.2, -0.15) is 0 Å². The maximum absolute atomic E-state index is 13.3. The van der Waals surface area contributed by atoms with Crippen LogP contribution in [0, 0.1) is 9.39 Å². The van der Waals surface area contributed by atoms with E-state index in [1.54, 1.807) is 0 Å². The molecule has 0 bridgehead atoms. The lowest BCUT2D eigenvalue weighted by molar-refractivity contribution is 0.441. The summed E-state index contributed by atoms with van der Waals surface area (Å²) < 4.78 is 14.3. The van der Waals surface area contributed by atoms with Crippen molar-refractivity contribution in [1.82, 2.24) is 5.32 Å². The van der Waals surface area contributed by atoms with Crippen molar-refractivity contribution in [2.45, 2.75) is 25.9 Å². The molecule has 2 rings (SSSR count). The summed E-state index contributed by atoms with van der Waals surface area (Å²) in [4.78, 5) is 0. The SMILES string of the molecule is CC1(C)NCc2c(N)c(F)cc(I)c21. The minimum Gasteiger partial charge on any atom is -0.396 e. The predicted molar refractivity (Wildman–Crippen MR) is 63.4 cm³/mol. The van der Waals surface area contributed by atoms with E-state index in [1.807, 2.05) is 0 Å². The number of fused-ring (bicyclic) bond motifs is 1. The van der Waals surface area contributed by atoms with E-state index in [4.69, 9.17) is 5.73 Å². The Morgan fingerprint density at radius 2 is 2.21 bits per heavy atom. The summed E-state index contributed by atoms with van der Waals surface area (Å²) in [5.41, 5.74) is 7.94. The molecule has 0 atom stereocenters. The van der Waals surface area contributed by atoms with E-state index < -0.39 is 0 Å². The highest BCUT2D eigenvalue weighted by Crippen LogP contribution is 2.38. The quantitative estimate of drug-likeness (QED) is 0.570. The van der Waals surface area contributed by atoms with Crippen LogP contribution in [0.1, 0.15) is 25.0 Å². The Balaban J connectivity index is 2.74. The number of hydrogen-bond acceptors (Lipinski definition) is 2. The Labute approximate surface area is 96.2 Å². The molecule has 0 fully saturated rings. The third-order valence-corrected chi connectivity index (χ3v) is 3.56. The van der Waals surface area contributed by atoms with Crippen LogP contribution in [0.2, 0.25) is 0 Å². The van der Waals surface area contributed by atoms with Crippen molar-refractivity contribution < 1.29 is 4.39 Å². The molecule has 0 unspecified atom stereocenters. The first-order chi connectivity index (χ1) is 6.43. The van der Waals surface area contributed by atoms with Gasteiger partial charge in [0.1, 0.15) is 5.82 Å². The van der Waals surface area contributed by atoms with Crippen LogP contribution in [-0.2, 0) is 12.1 Å². The van der Waals surface area contributed by atoms with Gasteiger partial charge in [0, 0.05) is 15.7 Å². The average Bonchev–Trinajstić information content (AvgIpc) is 2.38. The summed E-state index contributed by atoms with van der Waals surface area (Å²) in [5, 5.41) is 3.32. The number of nitrogens with one attached hydrogen (secondary N) is 1. The van der Waals surface area contributed by atoms with Crippen molar-refractivity contribution >= 4 is 28.3 Å². The molecule has 2 nitrogen and oxygen atoms in total. The fraction of sp³-hybridized carbons (Fsp3) is 0.400. The second kappa shape index (κ2) is 3.06. The highest BCUT2D eigenvalue weighted by molar-refractivity contribution is 14.1. The summed E-state index contributed by atoms with van der Waals surface area (Å²) in [7, 11) is 0. The first-order valence-electron chi connectivity index (χ1n) is 4.45. The minimum atomic E-state index is -0.312. The summed E-state index contributed by atoms with van der Waals surface area (Å²) in [6.07, 6.45) is 0. The van der Waals surface area contributed by atoms with Gasteiger partial charge in [-0.05, 0) is 53.6 Å². The van der Waals surface area contributed by atoms with E-state index in [1.165, 1.54) is 6.07 Å². The Kier molecular flexibility index (Phi) is 2.23. The monoisotopic (exact) mass is 306 g/mol. The van der Waals surface area contributed by atoms with Crippen LogP contribution in [0.15, 0.2) is 6.07 Å². The number of rotatable bonds is 0. The highest BCUT2D eigenvalue weighted by Gasteiger charge is 2.33. The Bertz CT molecular complexity index is 402. The van der Waals surface area contributed by atoms with Gasteiger partial charge in [-0.1, -0.05) is 0 Å². The molecule has 1 aliphatic rings. The van der Waals surface area contributed by atoms with Crippen molar-refractivity contribution in [2.75, 3.05) is 5.73 Å². The van der Waals surface area contributed by atoms with Crippen LogP contribution in [-0.4, -0.2) is 0 Å². The molecular formula is C10H12FIN2. The van der Waals surface area contributed by atoms with E-state index in [9.17, 15) is 4.39 Å². The zero-order valence-corrected chi connectivity index (χ0v) is 10.3. The lowest BCUT2D eigenvalue weighted by atomic mass is 9.94. The van der Waals surface area contributed by atoms with E-state index in [-0.39, 0.29) is 11.4 Å². The van der Waals surface area contributed by atoms with E-state index >= 15 is 0 Å². The van der Waals surface area contributed by atoms with Gasteiger partial charge in [0.25, 0.3) is 0 Å². The zero-order chi connectivity index (χ0) is 10.5. The van der Waals surface area contributed by atoms with Gasteiger partial charge >= 0.3 is 0 Å². The topological polar surface area (TPSA) is 38.0 Å². The number of nitrogens with two attached hydrogens (primary N) is 1. The number of hydrogen-bond donors (Lipinski definition) is 2. The van der Waals surface area contributed by atoms with Gasteiger partial charge in [-0.15, -0.1) is 0 Å². The normalized spacial score (nSPS) is 18.3. The van der Waals surface area contributed by atoms with Gasteiger partial charge in [0.05, 0.1) is 5.69 Å². The molecule has 0 amide bonds. The van der Waals surface area contributed by atoms with Gasteiger partial charge in [-0.3, -0.25) is 0 Å². The Morgan fingerprint density at radius 1 is 1.57 bits per heavy atom. The molecule has 3 N–H and O–H groups in total. The molecule has 0 saturated carbocycles. The van der Waals surface area contributed by atoms with Crippen LogP contribution >= 0.6 is 22.6 Å². The average molecular weight is 306 g/mol. The third-order valence-electron chi connectivity index (χ3n) is 2.71. The molecule has 0 aromatic heterocycles. The van der Waals surface area contributed by atoms with Gasteiger partial charge in [-0.25, -0.2) is 4.39 Å². The molecule has 14 heavy (non-hydrogen) atoms. The van der Waals surface area contributed by atoms with Crippen molar-refractivity contribution in [3.63, 3.8) is 0 Å². The lowest BCUT2D eigenvalue weighted by Gasteiger charge is -2.21. The molecule has 1 aliphatic heterocycles. The number of halogens is 2. The molecule has 1 heterocycles. The second-order valence-corrected chi connectivity index (χ2v) is 5.25. The number of benzene rings is 1. The number of nitrogen functional groups attached to an aromatic ring is 1. The van der Waals surface area contributed by atoms with Gasteiger partial charge in [0.15, 0.2) is 0 Å². The molecule has 76 valence electrons. The van der Waals surface area contributed by atoms with Crippen molar-refractivity contribution in [3.8, 4) is 0 Å². The molecule has 0 spiro atoms. The van der Waals surface area contributed by atoms with Crippen molar-refractivity contribution in [2.24, 2.45) is 0 Å². The highest BCUT2D eigenvalue weighted by atomic mass is 127. The molecule has 0 aliphatic carbocycles.